The van der Waals surface area contributed by atoms with Crippen molar-refractivity contribution in [3.63, 3.8) is 0 Å². The molecule has 1 saturated heterocycles. The van der Waals surface area contributed by atoms with Gasteiger partial charge in [0.2, 0.25) is 5.88 Å². The number of hydrogen-bond donors (Lipinski definition) is 0. The number of piperidine rings is 1. The first-order chi connectivity index (χ1) is 9.13. The van der Waals surface area contributed by atoms with Gasteiger partial charge < -0.3 is 9.64 Å². The Labute approximate surface area is 123 Å². The van der Waals surface area contributed by atoms with Gasteiger partial charge in [-0.3, -0.25) is 0 Å². The van der Waals surface area contributed by atoms with Crippen molar-refractivity contribution >= 4 is 21.7 Å². The largest absolute Gasteiger partial charge is 0.478 e. The van der Waals surface area contributed by atoms with Crippen LogP contribution in [0, 0.1) is 12.8 Å². The van der Waals surface area contributed by atoms with E-state index < -0.39 is 0 Å². The third-order valence-electron chi connectivity index (χ3n) is 3.78. The van der Waals surface area contributed by atoms with Crippen LogP contribution in [0.4, 0.5) is 5.82 Å². The molecule has 1 atom stereocenters. The van der Waals surface area contributed by atoms with Crippen molar-refractivity contribution in [3.8, 4) is 5.88 Å². The van der Waals surface area contributed by atoms with Crippen LogP contribution in [0.3, 0.4) is 0 Å². The molecule has 1 unspecified atom stereocenters. The number of nitrogens with zero attached hydrogens (tertiary/aromatic N) is 3. The summed E-state index contributed by atoms with van der Waals surface area (Å²) in [7, 11) is 0. The van der Waals surface area contributed by atoms with Crippen LogP contribution < -0.4 is 9.64 Å². The highest BCUT2D eigenvalue weighted by Crippen LogP contribution is 2.30. The topological polar surface area (TPSA) is 38.3 Å². The van der Waals surface area contributed by atoms with Gasteiger partial charge in [0, 0.05) is 17.9 Å². The highest BCUT2D eigenvalue weighted by atomic mass is 79.9. The van der Waals surface area contributed by atoms with E-state index in [1.54, 1.807) is 6.33 Å². The van der Waals surface area contributed by atoms with Crippen LogP contribution in [-0.2, 0) is 0 Å². The second-order valence-corrected chi connectivity index (χ2v) is 6.51. The Balaban J connectivity index is 2.09. The van der Waals surface area contributed by atoms with E-state index >= 15 is 0 Å². The fraction of sp³-hybridized carbons (Fsp3) is 0.714. The minimum atomic E-state index is 0.597. The maximum absolute atomic E-state index is 5.54. The summed E-state index contributed by atoms with van der Waals surface area (Å²) in [6.07, 6.45) is 4.02. The minimum absolute atomic E-state index is 0.597. The van der Waals surface area contributed by atoms with Crippen LogP contribution in [0.15, 0.2) is 6.33 Å². The van der Waals surface area contributed by atoms with E-state index in [4.69, 9.17) is 4.74 Å². The molecule has 0 N–H and O–H groups in total. The van der Waals surface area contributed by atoms with Crippen molar-refractivity contribution in [2.24, 2.45) is 5.92 Å². The fourth-order valence-corrected chi connectivity index (χ4v) is 3.13. The average Bonchev–Trinajstić information content (AvgIpc) is 2.41. The summed E-state index contributed by atoms with van der Waals surface area (Å²) in [5.41, 5.74) is 1.05. The Kier molecular flexibility index (Phi) is 5.02. The average molecular weight is 328 g/mol. The molecular weight excluding hydrogens is 306 g/mol. The van der Waals surface area contributed by atoms with E-state index in [0.29, 0.717) is 17.3 Å². The molecule has 0 bridgehead atoms. The minimum Gasteiger partial charge on any atom is -0.478 e. The standard InChI is InChI=1S/C14H22BrN3O/c1-4-19-14-10(2)13(16-9-17-14)18-7-5-12(6-8-18)11(3)15/h9,11-12H,4-8H2,1-3H3. The van der Waals surface area contributed by atoms with E-state index in [-0.39, 0.29) is 0 Å². The third-order valence-corrected chi connectivity index (χ3v) is 4.53. The van der Waals surface area contributed by atoms with E-state index in [2.05, 4.69) is 37.7 Å². The molecule has 0 spiro atoms. The first-order valence-corrected chi connectivity index (χ1v) is 7.88. The molecular formula is C14H22BrN3O. The van der Waals surface area contributed by atoms with Crippen molar-refractivity contribution in [1.29, 1.82) is 0 Å². The predicted molar refractivity (Wildman–Crippen MR) is 81.3 cm³/mol. The Morgan fingerprint density at radius 3 is 2.68 bits per heavy atom. The van der Waals surface area contributed by atoms with Gasteiger partial charge in [-0.2, -0.15) is 0 Å². The summed E-state index contributed by atoms with van der Waals surface area (Å²) in [5.74, 6) is 2.51. The molecule has 1 aliphatic rings. The molecule has 19 heavy (non-hydrogen) atoms. The van der Waals surface area contributed by atoms with Crippen LogP contribution in [0.5, 0.6) is 5.88 Å². The van der Waals surface area contributed by atoms with Crippen LogP contribution in [-0.4, -0.2) is 34.5 Å². The first-order valence-electron chi connectivity index (χ1n) is 6.96. The number of aromatic nitrogens is 2. The summed E-state index contributed by atoms with van der Waals surface area (Å²) in [4.78, 5) is 11.6. The van der Waals surface area contributed by atoms with Crippen molar-refractivity contribution in [2.45, 2.75) is 38.4 Å². The van der Waals surface area contributed by atoms with Crippen LogP contribution >= 0.6 is 15.9 Å². The van der Waals surface area contributed by atoms with Gasteiger partial charge in [0.1, 0.15) is 12.1 Å². The highest BCUT2D eigenvalue weighted by molar-refractivity contribution is 9.09. The summed E-state index contributed by atoms with van der Waals surface area (Å²) in [6.45, 7) is 9.02. The van der Waals surface area contributed by atoms with Crippen molar-refractivity contribution < 1.29 is 4.74 Å². The second-order valence-electron chi connectivity index (χ2n) is 5.06. The summed E-state index contributed by atoms with van der Waals surface area (Å²) < 4.78 is 5.54. The highest BCUT2D eigenvalue weighted by Gasteiger charge is 2.24. The van der Waals surface area contributed by atoms with E-state index in [9.17, 15) is 0 Å². The zero-order chi connectivity index (χ0) is 13.8. The molecule has 2 rings (SSSR count). The lowest BCUT2D eigenvalue weighted by atomic mass is 9.94. The molecule has 106 valence electrons. The Bertz CT molecular complexity index is 417. The zero-order valence-electron chi connectivity index (χ0n) is 11.9. The summed E-state index contributed by atoms with van der Waals surface area (Å²) >= 11 is 3.69. The Morgan fingerprint density at radius 1 is 1.42 bits per heavy atom. The quantitative estimate of drug-likeness (QED) is 0.796. The van der Waals surface area contributed by atoms with Crippen molar-refractivity contribution in [3.05, 3.63) is 11.9 Å². The number of anilines is 1. The van der Waals surface area contributed by atoms with Crippen LogP contribution in [0.1, 0.15) is 32.3 Å². The molecule has 4 nitrogen and oxygen atoms in total. The second kappa shape index (κ2) is 6.55. The zero-order valence-corrected chi connectivity index (χ0v) is 13.5. The van der Waals surface area contributed by atoms with E-state index in [1.807, 2.05) is 13.8 Å². The molecule has 1 aromatic rings. The first kappa shape index (κ1) is 14.6. The third kappa shape index (κ3) is 3.38. The van der Waals surface area contributed by atoms with Gasteiger partial charge >= 0.3 is 0 Å². The van der Waals surface area contributed by atoms with Gasteiger partial charge in [0.05, 0.1) is 12.2 Å². The summed E-state index contributed by atoms with van der Waals surface area (Å²) in [5, 5.41) is 0. The van der Waals surface area contributed by atoms with Gasteiger partial charge in [-0.15, -0.1) is 0 Å². The van der Waals surface area contributed by atoms with E-state index in [1.165, 1.54) is 12.8 Å². The lowest BCUT2D eigenvalue weighted by Gasteiger charge is -2.34. The monoisotopic (exact) mass is 327 g/mol. The smallest absolute Gasteiger partial charge is 0.221 e. The number of rotatable bonds is 4. The molecule has 0 radical (unpaired) electrons. The Hall–Kier alpha value is -0.840. The number of ether oxygens (including phenoxy) is 1. The predicted octanol–water partition coefficient (Wildman–Crippen LogP) is 3.18. The van der Waals surface area contributed by atoms with Gasteiger partial charge in [0.25, 0.3) is 0 Å². The molecule has 0 aromatic carbocycles. The lowest BCUT2D eigenvalue weighted by molar-refractivity contribution is 0.323. The van der Waals surface area contributed by atoms with Gasteiger partial charge in [-0.25, -0.2) is 9.97 Å². The number of alkyl halides is 1. The molecule has 1 fully saturated rings. The van der Waals surface area contributed by atoms with Gasteiger partial charge in [-0.1, -0.05) is 22.9 Å². The fourth-order valence-electron chi connectivity index (χ4n) is 2.60. The summed E-state index contributed by atoms with van der Waals surface area (Å²) in [6, 6.07) is 0. The normalized spacial score (nSPS) is 18.4. The van der Waals surface area contributed by atoms with Gasteiger partial charge in [0.15, 0.2) is 0 Å². The molecule has 1 aliphatic heterocycles. The van der Waals surface area contributed by atoms with Crippen LogP contribution in [0.2, 0.25) is 0 Å². The van der Waals surface area contributed by atoms with Crippen LogP contribution in [0.25, 0.3) is 0 Å². The molecule has 0 saturated carbocycles. The Morgan fingerprint density at radius 2 is 2.11 bits per heavy atom. The van der Waals surface area contributed by atoms with E-state index in [0.717, 1.165) is 30.4 Å². The number of hydrogen-bond acceptors (Lipinski definition) is 4. The molecule has 0 aliphatic carbocycles. The van der Waals surface area contributed by atoms with Crippen molar-refractivity contribution in [2.75, 3.05) is 24.6 Å². The molecule has 0 amide bonds. The molecule has 2 heterocycles. The van der Waals surface area contributed by atoms with Gasteiger partial charge in [-0.05, 0) is 32.6 Å². The lowest BCUT2D eigenvalue weighted by Crippen LogP contribution is -2.36. The van der Waals surface area contributed by atoms with Crippen molar-refractivity contribution in [1.82, 2.24) is 9.97 Å². The molecule has 1 aromatic heterocycles. The maximum atomic E-state index is 5.54. The SMILES string of the molecule is CCOc1ncnc(N2CCC(C(C)Br)CC2)c1C. The number of halogens is 1. The maximum Gasteiger partial charge on any atom is 0.221 e. The molecule has 5 heteroatoms.